The van der Waals surface area contributed by atoms with Crippen molar-refractivity contribution in [3.8, 4) is 0 Å². The van der Waals surface area contributed by atoms with Crippen LogP contribution < -0.4 is 10.6 Å². The van der Waals surface area contributed by atoms with E-state index < -0.39 is 0 Å². The summed E-state index contributed by atoms with van der Waals surface area (Å²) >= 11 is 0. The lowest BCUT2D eigenvalue weighted by Crippen LogP contribution is -2.32. The summed E-state index contributed by atoms with van der Waals surface area (Å²) in [5, 5.41) is 7.63. The largest absolute Gasteiger partial charge is 0.412 e. The van der Waals surface area contributed by atoms with Crippen LogP contribution in [0.1, 0.15) is 0 Å². The van der Waals surface area contributed by atoms with Crippen LogP contribution in [0.2, 0.25) is 0 Å². The van der Waals surface area contributed by atoms with Crippen LogP contribution in [0.25, 0.3) is 0 Å². The van der Waals surface area contributed by atoms with E-state index in [1.165, 1.54) is 0 Å². The molecule has 0 amide bonds. The Morgan fingerprint density at radius 1 is 0.824 bits per heavy atom. The van der Waals surface area contributed by atoms with Gasteiger partial charge in [-0.25, -0.2) is 0 Å². The van der Waals surface area contributed by atoms with Crippen molar-refractivity contribution in [3.63, 3.8) is 0 Å². The first-order chi connectivity index (χ1) is 7.79. The van der Waals surface area contributed by atoms with E-state index in [9.17, 15) is 0 Å². The molecule has 2 aromatic rings. The van der Waals surface area contributed by atoms with Crippen molar-refractivity contribution < 1.29 is 5.48 Å². The van der Waals surface area contributed by atoms with Gasteiger partial charge in [0.1, 0.15) is 0 Å². The summed E-state index contributed by atoms with van der Waals surface area (Å²) in [4.78, 5) is 1.69. The van der Waals surface area contributed by atoms with Gasteiger partial charge in [-0.2, -0.15) is 0 Å². The third kappa shape index (κ3) is 2.83. The third-order valence-corrected chi connectivity index (χ3v) is 2.27. The maximum atomic E-state index is 7.63. The number of anilines is 2. The molecule has 0 spiro atoms. The van der Waals surface area contributed by atoms with E-state index in [1.807, 2.05) is 60.7 Å². The van der Waals surface area contributed by atoms with Crippen LogP contribution in [0.15, 0.2) is 60.7 Å². The fraction of sp³-hybridized carbons (Fsp3) is 0. The summed E-state index contributed by atoms with van der Waals surface area (Å²) in [5.41, 5.74) is 7.39. The number of hydrogen-bond donors (Lipinski definition) is 2. The van der Waals surface area contributed by atoms with Crippen LogP contribution in [0, 0.1) is 5.41 Å². The number of rotatable bonds is 2. The summed E-state index contributed by atoms with van der Waals surface area (Å²) in [6, 6.07) is 19.3. The second-order valence-corrected chi connectivity index (χ2v) is 3.39. The Morgan fingerprint density at radius 3 is 1.47 bits per heavy atom. The second-order valence-electron chi connectivity index (χ2n) is 3.39. The molecule has 5 N–H and O–H groups in total. The SMILES string of the molecule is N=C(N)N(c1ccccc1)c1ccccc1.O. The molecule has 17 heavy (non-hydrogen) atoms. The molecule has 88 valence electrons. The number of hydrogen-bond acceptors (Lipinski definition) is 1. The van der Waals surface area contributed by atoms with Gasteiger partial charge in [-0.05, 0) is 24.3 Å². The Morgan fingerprint density at radius 2 is 1.18 bits per heavy atom. The van der Waals surface area contributed by atoms with Crippen molar-refractivity contribution in [1.82, 2.24) is 0 Å². The van der Waals surface area contributed by atoms with Gasteiger partial charge in [0.05, 0.1) is 0 Å². The molecule has 4 nitrogen and oxygen atoms in total. The minimum Gasteiger partial charge on any atom is -0.412 e. The topological polar surface area (TPSA) is 84.6 Å². The lowest BCUT2D eigenvalue weighted by Gasteiger charge is -2.22. The van der Waals surface area contributed by atoms with Gasteiger partial charge in [0.25, 0.3) is 0 Å². The van der Waals surface area contributed by atoms with Crippen LogP contribution in [-0.2, 0) is 0 Å². The van der Waals surface area contributed by atoms with Gasteiger partial charge >= 0.3 is 0 Å². The maximum Gasteiger partial charge on any atom is 0.197 e. The van der Waals surface area contributed by atoms with Gasteiger partial charge < -0.3 is 11.2 Å². The average Bonchev–Trinajstić information content (AvgIpc) is 2.31. The normalized spacial score (nSPS) is 9.18. The van der Waals surface area contributed by atoms with Crippen molar-refractivity contribution in [2.24, 2.45) is 5.73 Å². The van der Waals surface area contributed by atoms with Crippen LogP contribution in [0.3, 0.4) is 0 Å². The van der Waals surface area contributed by atoms with Crippen LogP contribution >= 0.6 is 0 Å². The first-order valence-electron chi connectivity index (χ1n) is 5.03. The molecule has 0 bridgehead atoms. The van der Waals surface area contributed by atoms with Gasteiger partial charge in [-0.1, -0.05) is 36.4 Å². The smallest absolute Gasteiger partial charge is 0.197 e. The molecule has 0 fully saturated rings. The lowest BCUT2D eigenvalue weighted by molar-refractivity contribution is 0.824. The van der Waals surface area contributed by atoms with Crippen molar-refractivity contribution in [2.45, 2.75) is 0 Å². The highest BCUT2D eigenvalue weighted by molar-refractivity contribution is 5.99. The zero-order valence-electron chi connectivity index (χ0n) is 9.30. The number of nitrogens with one attached hydrogen (secondary N) is 1. The highest BCUT2D eigenvalue weighted by atomic mass is 16.0. The summed E-state index contributed by atoms with van der Waals surface area (Å²) in [6.07, 6.45) is 0. The first kappa shape index (κ1) is 12.7. The molecule has 0 saturated carbocycles. The number of nitrogens with two attached hydrogens (primary N) is 1. The molecular formula is C13H15N3O. The molecule has 0 aliphatic heterocycles. The molecule has 4 heteroatoms. The first-order valence-corrected chi connectivity index (χ1v) is 5.03. The van der Waals surface area contributed by atoms with Gasteiger partial charge in [0.2, 0.25) is 0 Å². The summed E-state index contributed by atoms with van der Waals surface area (Å²) in [6.45, 7) is 0. The molecule has 0 aliphatic carbocycles. The van der Waals surface area contributed by atoms with Crippen molar-refractivity contribution in [1.29, 1.82) is 5.41 Å². The summed E-state index contributed by atoms with van der Waals surface area (Å²) in [7, 11) is 0. The summed E-state index contributed by atoms with van der Waals surface area (Å²) in [5.74, 6) is 0.0115. The molecular weight excluding hydrogens is 214 g/mol. The van der Waals surface area contributed by atoms with Gasteiger partial charge in [-0.15, -0.1) is 0 Å². The Bertz CT molecular complexity index is 431. The Balaban J connectivity index is 0.00000144. The summed E-state index contributed by atoms with van der Waals surface area (Å²) < 4.78 is 0. The molecule has 0 radical (unpaired) electrons. The maximum absolute atomic E-state index is 7.63. The Hall–Kier alpha value is -2.33. The molecule has 0 heterocycles. The van der Waals surface area contributed by atoms with Gasteiger partial charge in [0, 0.05) is 11.4 Å². The third-order valence-electron chi connectivity index (χ3n) is 2.27. The van der Waals surface area contributed by atoms with E-state index in [0.29, 0.717) is 0 Å². The number of guanidine groups is 1. The second kappa shape index (κ2) is 5.67. The number of benzene rings is 2. The molecule has 0 aromatic heterocycles. The average molecular weight is 229 g/mol. The predicted octanol–water partition coefficient (Wildman–Crippen LogP) is 1.89. The van der Waals surface area contributed by atoms with Crippen LogP contribution in [0.5, 0.6) is 0 Å². The molecule has 2 rings (SSSR count). The Labute approximate surface area is 100 Å². The monoisotopic (exact) mass is 229 g/mol. The fourth-order valence-corrected chi connectivity index (χ4v) is 1.58. The molecule has 0 unspecified atom stereocenters. The standard InChI is InChI=1S/C13H13N3.H2O/c14-13(15)16(11-7-3-1-4-8-11)12-9-5-2-6-10-12;/h1-10H,(H3,14,15);1H2. The zero-order chi connectivity index (χ0) is 11.4. The highest BCUT2D eigenvalue weighted by Gasteiger charge is 2.10. The van der Waals surface area contributed by atoms with Crippen molar-refractivity contribution >= 4 is 17.3 Å². The van der Waals surface area contributed by atoms with Gasteiger partial charge in [0.15, 0.2) is 5.96 Å². The van der Waals surface area contributed by atoms with Gasteiger partial charge in [-0.3, -0.25) is 10.3 Å². The van der Waals surface area contributed by atoms with E-state index >= 15 is 0 Å². The minimum atomic E-state index is 0. The lowest BCUT2D eigenvalue weighted by atomic mass is 10.2. The molecule has 2 aromatic carbocycles. The molecule has 0 atom stereocenters. The molecule has 0 saturated heterocycles. The van der Waals surface area contributed by atoms with E-state index in [1.54, 1.807) is 4.90 Å². The van der Waals surface area contributed by atoms with Crippen LogP contribution in [-0.4, -0.2) is 11.4 Å². The molecule has 0 aliphatic rings. The number of nitrogens with zero attached hydrogens (tertiary/aromatic N) is 1. The van der Waals surface area contributed by atoms with Crippen molar-refractivity contribution in [2.75, 3.05) is 4.90 Å². The van der Waals surface area contributed by atoms with E-state index in [2.05, 4.69) is 0 Å². The quantitative estimate of drug-likeness (QED) is 0.608. The van der Waals surface area contributed by atoms with Crippen LogP contribution in [0.4, 0.5) is 11.4 Å². The van der Waals surface area contributed by atoms with E-state index in [0.717, 1.165) is 11.4 Å². The zero-order valence-corrected chi connectivity index (χ0v) is 9.30. The van der Waals surface area contributed by atoms with Crippen molar-refractivity contribution in [3.05, 3.63) is 60.7 Å². The predicted molar refractivity (Wildman–Crippen MR) is 70.6 cm³/mol. The number of para-hydroxylation sites is 2. The minimum absolute atomic E-state index is 0. The fourth-order valence-electron chi connectivity index (χ4n) is 1.58. The van der Waals surface area contributed by atoms with E-state index in [-0.39, 0.29) is 11.4 Å². The highest BCUT2D eigenvalue weighted by Crippen LogP contribution is 2.23. The van der Waals surface area contributed by atoms with E-state index in [4.69, 9.17) is 11.1 Å². The Kier molecular flexibility index (Phi) is 4.25.